The molecule has 0 bridgehead atoms. The smallest absolute Gasteiger partial charge is 0.269 e. The number of halogens is 2. The number of nitrogens with zero attached hydrogens (tertiary/aromatic N) is 3. The Bertz CT molecular complexity index is 716. The molecule has 1 aromatic heterocycles. The van der Waals surface area contributed by atoms with Gasteiger partial charge in [0.05, 0.1) is 17.8 Å². The molecule has 2 aromatic rings. The van der Waals surface area contributed by atoms with Gasteiger partial charge < -0.3 is 9.88 Å². The maximum atomic E-state index is 13.5. The predicted molar refractivity (Wildman–Crippen MR) is 81.1 cm³/mol. The first-order valence-electron chi connectivity index (χ1n) is 7.01. The van der Waals surface area contributed by atoms with Gasteiger partial charge in [-0.05, 0) is 17.7 Å². The molecule has 0 atom stereocenters. The summed E-state index contributed by atoms with van der Waals surface area (Å²) in [5.41, 5.74) is 1.45. The van der Waals surface area contributed by atoms with Crippen LogP contribution in [0.25, 0.3) is 0 Å². The van der Waals surface area contributed by atoms with Gasteiger partial charge in [0, 0.05) is 26.7 Å². The lowest BCUT2D eigenvalue weighted by Gasteiger charge is -2.28. The minimum absolute atomic E-state index is 0.132. The fraction of sp³-hybridized carbons (Fsp3) is 0.333. The summed E-state index contributed by atoms with van der Waals surface area (Å²) in [7, 11) is 1.60. The van der Waals surface area contributed by atoms with Crippen molar-refractivity contribution in [1.82, 2.24) is 19.8 Å². The molecular formula is C15H16ClFN4O. The van der Waals surface area contributed by atoms with E-state index in [4.69, 9.17) is 11.6 Å². The highest BCUT2D eigenvalue weighted by atomic mass is 35.5. The van der Waals surface area contributed by atoms with Gasteiger partial charge in [0.25, 0.3) is 5.91 Å². The summed E-state index contributed by atoms with van der Waals surface area (Å²) in [6, 6.07) is 4.85. The molecule has 7 heteroatoms. The minimum atomic E-state index is -0.403. The number of carbonyl (C=O) groups excluding carboxylic acids is 1. The molecule has 0 unspecified atom stereocenters. The third-order valence-corrected chi connectivity index (χ3v) is 4.10. The number of carbonyl (C=O) groups is 1. The molecule has 1 N–H and O–H groups in total. The van der Waals surface area contributed by atoms with E-state index in [-0.39, 0.29) is 10.9 Å². The average molecular weight is 323 g/mol. The molecule has 3 rings (SSSR count). The summed E-state index contributed by atoms with van der Waals surface area (Å²) >= 11 is 5.70. The highest BCUT2D eigenvalue weighted by molar-refractivity contribution is 6.30. The first kappa shape index (κ1) is 15.0. The van der Waals surface area contributed by atoms with Crippen molar-refractivity contribution in [3.63, 3.8) is 0 Å². The summed E-state index contributed by atoms with van der Waals surface area (Å²) in [5.74, 6) is 0.311. The van der Waals surface area contributed by atoms with E-state index in [0.717, 1.165) is 17.9 Å². The molecule has 0 aliphatic carbocycles. The van der Waals surface area contributed by atoms with E-state index < -0.39 is 5.82 Å². The largest absolute Gasteiger partial charge is 0.354 e. The van der Waals surface area contributed by atoms with E-state index in [1.54, 1.807) is 19.3 Å². The van der Waals surface area contributed by atoms with Crippen molar-refractivity contribution in [2.24, 2.45) is 0 Å². The Morgan fingerprint density at radius 1 is 1.45 bits per heavy atom. The molecule has 2 heterocycles. The van der Waals surface area contributed by atoms with Crippen molar-refractivity contribution in [2.45, 2.75) is 19.6 Å². The van der Waals surface area contributed by atoms with E-state index in [1.165, 1.54) is 6.07 Å². The molecule has 0 spiro atoms. The monoisotopic (exact) mass is 322 g/mol. The number of fused-ring (bicyclic) bond motifs is 1. The van der Waals surface area contributed by atoms with Gasteiger partial charge in [-0.3, -0.25) is 9.69 Å². The highest BCUT2D eigenvalue weighted by Crippen LogP contribution is 2.20. The van der Waals surface area contributed by atoms with Crippen LogP contribution < -0.4 is 5.32 Å². The number of benzene rings is 1. The number of aromatic nitrogens is 2. The summed E-state index contributed by atoms with van der Waals surface area (Å²) in [4.78, 5) is 18.2. The van der Waals surface area contributed by atoms with Gasteiger partial charge >= 0.3 is 0 Å². The first-order valence-corrected chi connectivity index (χ1v) is 7.39. The van der Waals surface area contributed by atoms with Crippen molar-refractivity contribution < 1.29 is 9.18 Å². The van der Waals surface area contributed by atoms with E-state index in [0.29, 0.717) is 25.3 Å². The topological polar surface area (TPSA) is 50.2 Å². The quantitative estimate of drug-likeness (QED) is 0.941. The zero-order valence-electron chi connectivity index (χ0n) is 12.1. The lowest BCUT2D eigenvalue weighted by Crippen LogP contribution is -2.35. The Hall–Kier alpha value is -1.92. The van der Waals surface area contributed by atoms with E-state index in [2.05, 4.69) is 15.2 Å². The Morgan fingerprint density at radius 3 is 3.00 bits per heavy atom. The molecule has 1 aliphatic rings. The Morgan fingerprint density at radius 2 is 2.27 bits per heavy atom. The third-order valence-electron chi connectivity index (χ3n) is 3.79. The van der Waals surface area contributed by atoms with Crippen molar-refractivity contribution in [2.75, 3.05) is 13.6 Å². The summed E-state index contributed by atoms with van der Waals surface area (Å²) < 4.78 is 15.4. The van der Waals surface area contributed by atoms with Crippen molar-refractivity contribution in [3.8, 4) is 0 Å². The van der Waals surface area contributed by atoms with Gasteiger partial charge in [0.2, 0.25) is 0 Å². The molecule has 116 valence electrons. The standard InChI is InChI=1S/C15H16ClFN4O/c1-18-15(22)13-7-19-14-9-20(4-5-21(13)14)8-10-2-3-11(16)12(17)6-10/h2-3,6-7H,4-5,8-9H2,1H3,(H,18,22). The second-order valence-electron chi connectivity index (χ2n) is 5.25. The van der Waals surface area contributed by atoms with Crippen LogP contribution in [0.3, 0.4) is 0 Å². The number of nitrogens with one attached hydrogen (secondary N) is 1. The van der Waals surface area contributed by atoms with Gasteiger partial charge in [0.1, 0.15) is 17.3 Å². The van der Waals surface area contributed by atoms with Gasteiger partial charge in [-0.2, -0.15) is 0 Å². The Balaban J connectivity index is 1.73. The molecule has 0 radical (unpaired) electrons. The fourth-order valence-corrected chi connectivity index (χ4v) is 2.77. The lowest BCUT2D eigenvalue weighted by molar-refractivity contribution is 0.0949. The molecule has 5 nitrogen and oxygen atoms in total. The zero-order chi connectivity index (χ0) is 15.7. The molecule has 0 saturated carbocycles. The zero-order valence-corrected chi connectivity index (χ0v) is 12.9. The third kappa shape index (κ3) is 2.84. The molecule has 1 amide bonds. The molecule has 1 aromatic carbocycles. The van der Waals surface area contributed by atoms with Crippen LogP contribution in [0.15, 0.2) is 24.4 Å². The number of amides is 1. The number of rotatable bonds is 3. The molecule has 22 heavy (non-hydrogen) atoms. The van der Waals surface area contributed by atoms with Crippen LogP contribution in [0.1, 0.15) is 21.9 Å². The van der Waals surface area contributed by atoms with E-state index >= 15 is 0 Å². The number of hydrogen-bond donors (Lipinski definition) is 1. The van der Waals surface area contributed by atoms with E-state index in [9.17, 15) is 9.18 Å². The second kappa shape index (κ2) is 6.06. The maximum absolute atomic E-state index is 13.5. The summed E-state index contributed by atoms with van der Waals surface area (Å²) in [5, 5.41) is 2.75. The van der Waals surface area contributed by atoms with Crippen molar-refractivity contribution in [1.29, 1.82) is 0 Å². The minimum Gasteiger partial charge on any atom is -0.354 e. The van der Waals surface area contributed by atoms with E-state index in [1.807, 2.05) is 10.6 Å². The Kier molecular flexibility index (Phi) is 4.13. The van der Waals surface area contributed by atoms with Crippen LogP contribution in [0.4, 0.5) is 4.39 Å². The number of hydrogen-bond acceptors (Lipinski definition) is 3. The highest BCUT2D eigenvalue weighted by Gasteiger charge is 2.22. The SMILES string of the molecule is CNC(=O)c1cnc2n1CCN(Cc1ccc(Cl)c(F)c1)C2. The molecule has 1 aliphatic heterocycles. The molecule has 0 fully saturated rings. The fourth-order valence-electron chi connectivity index (χ4n) is 2.65. The van der Waals surface area contributed by atoms with Crippen molar-refractivity contribution in [3.05, 3.63) is 52.3 Å². The average Bonchev–Trinajstić information content (AvgIpc) is 2.93. The number of imidazole rings is 1. The molecule has 0 saturated heterocycles. The van der Waals surface area contributed by atoms with Crippen LogP contribution in [-0.4, -0.2) is 34.0 Å². The predicted octanol–water partition coefficient (Wildman–Crippen LogP) is 2.05. The summed E-state index contributed by atoms with van der Waals surface area (Å²) in [6.45, 7) is 2.71. The maximum Gasteiger partial charge on any atom is 0.269 e. The lowest BCUT2D eigenvalue weighted by atomic mass is 10.2. The van der Waals surface area contributed by atoms with Gasteiger partial charge in [-0.25, -0.2) is 9.37 Å². The van der Waals surface area contributed by atoms with Gasteiger partial charge in [-0.1, -0.05) is 17.7 Å². The van der Waals surface area contributed by atoms with Crippen LogP contribution in [0.5, 0.6) is 0 Å². The van der Waals surface area contributed by atoms with Gasteiger partial charge in [-0.15, -0.1) is 0 Å². The van der Waals surface area contributed by atoms with Crippen LogP contribution in [0.2, 0.25) is 5.02 Å². The Labute approximate surface area is 132 Å². The summed E-state index contributed by atoms with van der Waals surface area (Å²) in [6.07, 6.45) is 1.60. The van der Waals surface area contributed by atoms with Crippen LogP contribution in [-0.2, 0) is 19.6 Å². The van der Waals surface area contributed by atoms with Crippen LogP contribution in [0, 0.1) is 5.82 Å². The second-order valence-corrected chi connectivity index (χ2v) is 5.66. The van der Waals surface area contributed by atoms with Gasteiger partial charge in [0.15, 0.2) is 0 Å². The van der Waals surface area contributed by atoms with Crippen LogP contribution >= 0.6 is 11.6 Å². The normalized spacial score (nSPS) is 14.7. The van der Waals surface area contributed by atoms with Crippen molar-refractivity contribution >= 4 is 17.5 Å². The molecular weight excluding hydrogens is 307 g/mol. The first-order chi connectivity index (χ1) is 10.6.